The van der Waals surface area contributed by atoms with Gasteiger partial charge in [-0.05, 0) is 31.9 Å². The van der Waals surface area contributed by atoms with E-state index in [0.717, 1.165) is 36.7 Å². The molecule has 2 rings (SSSR count). The molecular weight excluding hydrogens is 274 g/mol. The fraction of sp³-hybridized carbons (Fsp3) is 0.412. The van der Waals surface area contributed by atoms with E-state index in [-0.39, 0.29) is 0 Å². The maximum Gasteiger partial charge on any atom is 0.193 e. The van der Waals surface area contributed by atoms with Crippen molar-refractivity contribution in [1.29, 1.82) is 0 Å². The molecule has 2 heterocycles. The number of fused-ring (bicyclic) bond motifs is 1. The van der Waals surface area contributed by atoms with Crippen LogP contribution in [0.3, 0.4) is 0 Å². The monoisotopic (exact) mass is 299 g/mol. The summed E-state index contributed by atoms with van der Waals surface area (Å²) in [5.74, 6) is 0.887. The Hall–Kier alpha value is -2.30. The van der Waals surface area contributed by atoms with Crippen LogP contribution in [-0.2, 0) is 6.54 Å². The largest absolute Gasteiger partial charge is 0.351 e. The number of aromatic nitrogens is 2. The lowest BCUT2D eigenvalue weighted by Gasteiger charge is -2.21. The zero-order valence-electron chi connectivity index (χ0n) is 13.7. The van der Waals surface area contributed by atoms with Crippen molar-refractivity contribution in [2.45, 2.75) is 26.3 Å². The minimum atomic E-state index is 0.666. The number of aliphatic imine (C=N–C) groups is 1. The van der Waals surface area contributed by atoms with Gasteiger partial charge in [-0.15, -0.1) is 6.58 Å². The molecule has 0 amide bonds. The molecule has 2 aromatic heterocycles. The SMILES string of the molecule is C=CCCCN(C)C(=NC)NCc1cn2c(C)cccc2n1. The van der Waals surface area contributed by atoms with Crippen molar-refractivity contribution in [3.8, 4) is 0 Å². The number of hydrogen-bond donors (Lipinski definition) is 1. The summed E-state index contributed by atoms with van der Waals surface area (Å²) >= 11 is 0. The lowest BCUT2D eigenvalue weighted by atomic mass is 10.3. The molecule has 22 heavy (non-hydrogen) atoms. The summed E-state index contributed by atoms with van der Waals surface area (Å²) in [6.45, 7) is 7.45. The van der Waals surface area contributed by atoms with Crippen LogP contribution in [-0.4, -0.2) is 40.9 Å². The highest BCUT2D eigenvalue weighted by Gasteiger charge is 2.07. The van der Waals surface area contributed by atoms with Gasteiger partial charge in [0.2, 0.25) is 0 Å². The molecular formula is C17H25N5. The molecule has 0 saturated carbocycles. The highest BCUT2D eigenvalue weighted by molar-refractivity contribution is 5.79. The lowest BCUT2D eigenvalue weighted by molar-refractivity contribution is 0.469. The van der Waals surface area contributed by atoms with Gasteiger partial charge in [-0.3, -0.25) is 4.99 Å². The summed E-state index contributed by atoms with van der Waals surface area (Å²) < 4.78 is 2.10. The number of guanidine groups is 1. The third-order valence-corrected chi connectivity index (χ3v) is 3.65. The van der Waals surface area contributed by atoms with E-state index in [1.807, 2.05) is 25.3 Å². The van der Waals surface area contributed by atoms with Crippen molar-refractivity contribution < 1.29 is 0 Å². The van der Waals surface area contributed by atoms with E-state index >= 15 is 0 Å². The molecule has 1 N–H and O–H groups in total. The predicted octanol–water partition coefficient (Wildman–Crippen LogP) is 2.62. The normalized spacial score (nSPS) is 11.7. The molecule has 0 bridgehead atoms. The zero-order valence-corrected chi connectivity index (χ0v) is 13.7. The van der Waals surface area contributed by atoms with Gasteiger partial charge < -0.3 is 14.6 Å². The number of nitrogens with one attached hydrogen (secondary N) is 1. The Morgan fingerprint density at radius 2 is 2.32 bits per heavy atom. The van der Waals surface area contributed by atoms with Crippen LogP contribution < -0.4 is 5.32 Å². The summed E-state index contributed by atoms with van der Waals surface area (Å²) in [5.41, 5.74) is 3.17. The van der Waals surface area contributed by atoms with Gasteiger partial charge in [-0.2, -0.15) is 0 Å². The molecule has 5 heteroatoms. The van der Waals surface area contributed by atoms with E-state index in [1.165, 1.54) is 5.69 Å². The first-order chi connectivity index (χ1) is 10.7. The van der Waals surface area contributed by atoms with Gasteiger partial charge in [-0.25, -0.2) is 4.98 Å². The Morgan fingerprint density at radius 1 is 1.50 bits per heavy atom. The van der Waals surface area contributed by atoms with E-state index in [0.29, 0.717) is 6.54 Å². The van der Waals surface area contributed by atoms with Crippen LogP contribution >= 0.6 is 0 Å². The van der Waals surface area contributed by atoms with E-state index in [1.54, 1.807) is 7.05 Å². The zero-order chi connectivity index (χ0) is 15.9. The minimum Gasteiger partial charge on any atom is -0.351 e. The average Bonchev–Trinajstić information content (AvgIpc) is 2.93. The third-order valence-electron chi connectivity index (χ3n) is 3.65. The molecule has 118 valence electrons. The van der Waals surface area contributed by atoms with Crippen molar-refractivity contribution in [3.05, 3.63) is 48.4 Å². The Morgan fingerprint density at radius 3 is 3.00 bits per heavy atom. The summed E-state index contributed by atoms with van der Waals surface area (Å²) in [6, 6.07) is 6.13. The summed E-state index contributed by atoms with van der Waals surface area (Å²) in [6.07, 6.45) is 6.12. The first-order valence-electron chi connectivity index (χ1n) is 7.62. The topological polar surface area (TPSA) is 44.9 Å². The molecule has 0 aliphatic carbocycles. The quantitative estimate of drug-likeness (QED) is 0.386. The molecule has 0 radical (unpaired) electrons. The van der Waals surface area contributed by atoms with Gasteiger partial charge >= 0.3 is 0 Å². The number of hydrogen-bond acceptors (Lipinski definition) is 2. The molecule has 5 nitrogen and oxygen atoms in total. The number of imidazole rings is 1. The highest BCUT2D eigenvalue weighted by Crippen LogP contribution is 2.08. The molecule has 0 aliphatic heterocycles. The molecule has 2 aromatic rings. The highest BCUT2D eigenvalue weighted by atomic mass is 15.3. The summed E-state index contributed by atoms with van der Waals surface area (Å²) in [5, 5.41) is 3.37. The molecule has 0 saturated heterocycles. The Balaban J connectivity index is 1.97. The van der Waals surface area contributed by atoms with Crippen molar-refractivity contribution in [3.63, 3.8) is 0 Å². The summed E-state index contributed by atoms with van der Waals surface area (Å²) in [4.78, 5) is 11.1. The van der Waals surface area contributed by atoms with Crippen LogP contribution in [0.15, 0.2) is 42.0 Å². The Labute approximate surface area is 132 Å². The third kappa shape index (κ3) is 3.87. The van der Waals surface area contributed by atoms with Gasteiger partial charge in [-0.1, -0.05) is 12.1 Å². The lowest BCUT2D eigenvalue weighted by Crippen LogP contribution is -2.39. The van der Waals surface area contributed by atoms with Gasteiger partial charge in [0.1, 0.15) is 5.65 Å². The van der Waals surface area contributed by atoms with Gasteiger partial charge in [0, 0.05) is 32.5 Å². The molecule has 0 spiro atoms. The number of pyridine rings is 1. The standard InChI is InChI=1S/C17H25N5/c1-5-6-7-11-21(4)17(18-3)19-12-15-13-22-14(2)9-8-10-16(22)20-15/h5,8-10,13H,1,6-7,11-12H2,2-4H3,(H,18,19). The van der Waals surface area contributed by atoms with Gasteiger partial charge in [0.05, 0.1) is 12.2 Å². The molecule has 0 unspecified atom stereocenters. The van der Waals surface area contributed by atoms with E-state index in [2.05, 4.69) is 50.4 Å². The average molecular weight is 299 g/mol. The predicted molar refractivity (Wildman–Crippen MR) is 92.2 cm³/mol. The number of unbranched alkanes of at least 4 members (excludes halogenated alkanes) is 1. The van der Waals surface area contributed by atoms with Crippen molar-refractivity contribution >= 4 is 11.6 Å². The second-order valence-corrected chi connectivity index (χ2v) is 5.38. The molecule has 0 aliphatic rings. The smallest absolute Gasteiger partial charge is 0.193 e. The number of aryl methyl sites for hydroxylation is 1. The fourth-order valence-electron chi connectivity index (χ4n) is 2.42. The molecule has 0 aromatic carbocycles. The number of rotatable bonds is 6. The first kappa shape index (κ1) is 16.1. The van der Waals surface area contributed by atoms with Crippen LogP contribution in [0.1, 0.15) is 24.2 Å². The van der Waals surface area contributed by atoms with Crippen LogP contribution in [0.2, 0.25) is 0 Å². The molecule has 0 fully saturated rings. The van der Waals surface area contributed by atoms with Gasteiger partial charge in [0.15, 0.2) is 5.96 Å². The summed E-state index contributed by atoms with van der Waals surface area (Å²) in [7, 11) is 3.85. The van der Waals surface area contributed by atoms with Crippen molar-refractivity contribution in [2.75, 3.05) is 20.6 Å². The minimum absolute atomic E-state index is 0.666. The van der Waals surface area contributed by atoms with E-state index < -0.39 is 0 Å². The van der Waals surface area contributed by atoms with Gasteiger partial charge in [0.25, 0.3) is 0 Å². The van der Waals surface area contributed by atoms with Crippen LogP contribution in [0, 0.1) is 6.92 Å². The molecule has 0 atom stereocenters. The van der Waals surface area contributed by atoms with Crippen molar-refractivity contribution in [1.82, 2.24) is 19.6 Å². The van der Waals surface area contributed by atoms with E-state index in [4.69, 9.17) is 0 Å². The maximum absolute atomic E-state index is 4.63. The Kier molecular flexibility index (Phi) is 5.58. The van der Waals surface area contributed by atoms with E-state index in [9.17, 15) is 0 Å². The van der Waals surface area contributed by atoms with Crippen LogP contribution in [0.25, 0.3) is 5.65 Å². The maximum atomic E-state index is 4.63. The number of nitrogens with zero attached hydrogens (tertiary/aromatic N) is 4. The van der Waals surface area contributed by atoms with Crippen LogP contribution in [0.4, 0.5) is 0 Å². The Bertz CT molecular complexity index is 656. The first-order valence-corrected chi connectivity index (χ1v) is 7.62. The van der Waals surface area contributed by atoms with Crippen molar-refractivity contribution in [2.24, 2.45) is 4.99 Å². The fourth-order valence-corrected chi connectivity index (χ4v) is 2.42. The second kappa shape index (κ2) is 7.64. The van der Waals surface area contributed by atoms with Crippen LogP contribution in [0.5, 0.6) is 0 Å². The second-order valence-electron chi connectivity index (χ2n) is 5.38. The number of allylic oxidation sites excluding steroid dienone is 1.